The van der Waals surface area contributed by atoms with Gasteiger partial charge in [0.15, 0.2) is 0 Å². The van der Waals surface area contributed by atoms with Crippen LogP contribution in [-0.2, 0) is 22.4 Å². The SMILES string of the molecule is C[C@H](N)C(=O)O[C@@H](C)C(Cc1ccc(F)cc1)Cc1ccc(F)cc1. The van der Waals surface area contributed by atoms with E-state index in [0.29, 0.717) is 12.8 Å². The van der Waals surface area contributed by atoms with E-state index in [1.54, 1.807) is 31.2 Å². The Bertz CT molecular complexity index is 636. The number of ether oxygens (including phenoxy) is 1. The fourth-order valence-electron chi connectivity index (χ4n) is 2.64. The number of esters is 1. The molecule has 3 nitrogen and oxygen atoms in total. The number of benzene rings is 2. The van der Waals surface area contributed by atoms with E-state index < -0.39 is 12.0 Å². The largest absolute Gasteiger partial charge is 0.461 e. The van der Waals surface area contributed by atoms with Gasteiger partial charge in [-0.05, 0) is 62.1 Å². The molecular formula is C20H23F2NO2. The summed E-state index contributed by atoms with van der Waals surface area (Å²) in [6.07, 6.45) is 0.824. The molecule has 0 radical (unpaired) electrons. The minimum Gasteiger partial charge on any atom is -0.461 e. The summed E-state index contributed by atoms with van der Waals surface area (Å²) in [6, 6.07) is 11.8. The van der Waals surface area contributed by atoms with E-state index >= 15 is 0 Å². The molecule has 0 aliphatic carbocycles. The van der Waals surface area contributed by atoms with E-state index in [1.165, 1.54) is 24.3 Å². The van der Waals surface area contributed by atoms with Crippen molar-refractivity contribution < 1.29 is 18.3 Å². The van der Waals surface area contributed by atoms with Crippen molar-refractivity contribution in [3.8, 4) is 0 Å². The highest BCUT2D eigenvalue weighted by molar-refractivity contribution is 5.75. The molecule has 2 aromatic carbocycles. The number of halogens is 2. The number of hydrogen-bond acceptors (Lipinski definition) is 3. The van der Waals surface area contributed by atoms with Crippen molar-refractivity contribution in [2.75, 3.05) is 0 Å². The molecule has 2 atom stereocenters. The molecule has 0 amide bonds. The number of rotatable bonds is 7. The third-order valence-corrected chi connectivity index (χ3v) is 4.16. The Balaban J connectivity index is 2.15. The first-order valence-corrected chi connectivity index (χ1v) is 8.30. The summed E-state index contributed by atoms with van der Waals surface area (Å²) in [6.45, 7) is 3.39. The molecule has 2 N–H and O–H groups in total. The van der Waals surface area contributed by atoms with Crippen LogP contribution < -0.4 is 5.73 Å². The topological polar surface area (TPSA) is 52.3 Å². The molecule has 0 unspecified atom stereocenters. The molecule has 0 bridgehead atoms. The smallest absolute Gasteiger partial charge is 0.322 e. The zero-order valence-corrected chi connectivity index (χ0v) is 14.4. The summed E-state index contributed by atoms with van der Waals surface area (Å²) < 4.78 is 31.7. The molecule has 0 spiro atoms. The van der Waals surface area contributed by atoms with Crippen molar-refractivity contribution in [1.29, 1.82) is 0 Å². The van der Waals surface area contributed by atoms with Crippen LogP contribution in [0.15, 0.2) is 48.5 Å². The Kier molecular flexibility index (Phi) is 6.65. The zero-order chi connectivity index (χ0) is 18.4. The van der Waals surface area contributed by atoms with Gasteiger partial charge >= 0.3 is 5.97 Å². The molecule has 0 saturated carbocycles. The van der Waals surface area contributed by atoms with Crippen molar-refractivity contribution >= 4 is 5.97 Å². The van der Waals surface area contributed by atoms with Crippen molar-refractivity contribution in [3.05, 3.63) is 71.3 Å². The highest BCUT2D eigenvalue weighted by Gasteiger charge is 2.23. The lowest BCUT2D eigenvalue weighted by atomic mass is 9.88. The molecule has 0 aliphatic rings. The van der Waals surface area contributed by atoms with Crippen LogP contribution in [-0.4, -0.2) is 18.1 Å². The first-order chi connectivity index (χ1) is 11.8. The summed E-state index contributed by atoms with van der Waals surface area (Å²) in [5.74, 6) is -1.10. The van der Waals surface area contributed by atoms with Gasteiger partial charge in [0, 0.05) is 5.92 Å². The monoisotopic (exact) mass is 347 g/mol. The van der Waals surface area contributed by atoms with Crippen molar-refractivity contribution in [1.82, 2.24) is 0 Å². The zero-order valence-electron chi connectivity index (χ0n) is 14.4. The third-order valence-electron chi connectivity index (χ3n) is 4.16. The van der Waals surface area contributed by atoms with Crippen LogP contribution in [0.1, 0.15) is 25.0 Å². The van der Waals surface area contributed by atoms with Crippen molar-refractivity contribution in [2.24, 2.45) is 11.7 Å². The average Bonchev–Trinajstić information content (AvgIpc) is 2.58. The first-order valence-electron chi connectivity index (χ1n) is 8.30. The normalized spacial score (nSPS) is 13.5. The Morgan fingerprint density at radius 2 is 1.32 bits per heavy atom. The highest BCUT2D eigenvalue weighted by atomic mass is 19.1. The van der Waals surface area contributed by atoms with Gasteiger partial charge in [0.25, 0.3) is 0 Å². The van der Waals surface area contributed by atoms with Gasteiger partial charge in [0.2, 0.25) is 0 Å². The summed E-state index contributed by atoms with van der Waals surface area (Å²) in [7, 11) is 0. The molecule has 25 heavy (non-hydrogen) atoms. The molecule has 0 aliphatic heterocycles. The van der Waals surface area contributed by atoms with Gasteiger partial charge in [-0.25, -0.2) is 8.78 Å². The van der Waals surface area contributed by atoms with Crippen LogP contribution in [0.25, 0.3) is 0 Å². The van der Waals surface area contributed by atoms with Gasteiger partial charge in [-0.15, -0.1) is 0 Å². The fraction of sp³-hybridized carbons (Fsp3) is 0.350. The van der Waals surface area contributed by atoms with E-state index in [9.17, 15) is 13.6 Å². The molecule has 0 heterocycles. The van der Waals surface area contributed by atoms with Crippen LogP contribution in [0.3, 0.4) is 0 Å². The maximum Gasteiger partial charge on any atom is 0.322 e. The van der Waals surface area contributed by atoms with Crippen LogP contribution in [0, 0.1) is 17.6 Å². The lowest BCUT2D eigenvalue weighted by Gasteiger charge is -2.25. The summed E-state index contributed by atoms with van der Waals surface area (Å²) >= 11 is 0. The molecule has 2 aromatic rings. The molecule has 5 heteroatoms. The van der Waals surface area contributed by atoms with E-state index in [1.807, 2.05) is 6.92 Å². The summed E-state index contributed by atoms with van der Waals surface area (Å²) in [5.41, 5.74) is 7.45. The standard InChI is InChI=1S/C20H23F2NO2/c1-13(23)20(24)25-14(2)17(11-15-3-7-18(21)8-4-15)12-16-5-9-19(22)10-6-16/h3-10,13-14,17H,11-12,23H2,1-2H3/t13-,14-/m0/s1. The second kappa shape index (κ2) is 8.72. The van der Waals surface area contributed by atoms with Crippen LogP contribution in [0.2, 0.25) is 0 Å². The second-order valence-corrected chi connectivity index (χ2v) is 6.35. The maximum absolute atomic E-state index is 13.1. The lowest BCUT2D eigenvalue weighted by molar-refractivity contribution is -0.151. The first kappa shape index (κ1) is 19.1. The van der Waals surface area contributed by atoms with Gasteiger partial charge < -0.3 is 10.5 Å². The number of carbonyl (C=O) groups is 1. The highest BCUT2D eigenvalue weighted by Crippen LogP contribution is 2.21. The second-order valence-electron chi connectivity index (χ2n) is 6.35. The van der Waals surface area contributed by atoms with Gasteiger partial charge in [-0.3, -0.25) is 4.79 Å². The van der Waals surface area contributed by atoms with Crippen LogP contribution in [0.5, 0.6) is 0 Å². The summed E-state index contributed by atoms with van der Waals surface area (Å²) in [5, 5.41) is 0. The minimum atomic E-state index is -0.695. The third kappa shape index (κ3) is 5.94. The van der Waals surface area contributed by atoms with Crippen LogP contribution >= 0.6 is 0 Å². The predicted molar refractivity (Wildman–Crippen MR) is 92.9 cm³/mol. The quantitative estimate of drug-likeness (QED) is 0.778. The minimum absolute atomic E-state index is 0.0429. The molecule has 134 valence electrons. The Morgan fingerprint density at radius 3 is 1.68 bits per heavy atom. The number of hydrogen-bond donors (Lipinski definition) is 1. The number of carbonyl (C=O) groups excluding carboxylic acids is 1. The van der Waals surface area contributed by atoms with E-state index in [4.69, 9.17) is 10.5 Å². The fourth-order valence-corrected chi connectivity index (χ4v) is 2.64. The molecule has 0 saturated heterocycles. The Labute approximate surface area is 146 Å². The van der Waals surface area contributed by atoms with Crippen molar-refractivity contribution in [2.45, 2.75) is 38.8 Å². The van der Waals surface area contributed by atoms with Crippen molar-refractivity contribution in [3.63, 3.8) is 0 Å². The average molecular weight is 347 g/mol. The molecule has 0 aromatic heterocycles. The van der Waals surface area contributed by atoms with Gasteiger partial charge in [0.1, 0.15) is 23.8 Å². The number of nitrogens with two attached hydrogens (primary N) is 1. The summed E-state index contributed by atoms with van der Waals surface area (Å²) in [4.78, 5) is 11.8. The Hall–Kier alpha value is -2.27. The van der Waals surface area contributed by atoms with E-state index in [-0.39, 0.29) is 23.7 Å². The van der Waals surface area contributed by atoms with Crippen LogP contribution in [0.4, 0.5) is 8.78 Å². The Morgan fingerprint density at radius 1 is 0.920 bits per heavy atom. The van der Waals surface area contributed by atoms with E-state index in [0.717, 1.165) is 11.1 Å². The molecule has 2 rings (SSSR count). The van der Waals surface area contributed by atoms with Gasteiger partial charge in [0.05, 0.1) is 0 Å². The van der Waals surface area contributed by atoms with E-state index in [2.05, 4.69) is 0 Å². The molecule has 0 fully saturated rings. The maximum atomic E-state index is 13.1. The van der Waals surface area contributed by atoms with Gasteiger partial charge in [-0.2, -0.15) is 0 Å². The lowest BCUT2D eigenvalue weighted by Crippen LogP contribution is -2.35. The molecular weight excluding hydrogens is 324 g/mol. The predicted octanol–water partition coefficient (Wildman–Crippen LogP) is 3.65. The van der Waals surface area contributed by atoms with Gasteiger partial charge in [-0.1, -0.05) is 24.3 Å².